The van der Waals surface area contributed by atoms with E-state index in [2.05, 4.69) is 33.8 Å². The minimum absolute atomic E-state index is 0.127. The fourth-order valence-corrected chi connectivity index (χ4v) is 4.48. The summed E-state index contributed by atoms with van der Waals surface area (Å²) >= 11 is 6.12. The van der Waals surface area contributed by atoms with Gasteiger partial charge in [0, 0.05) is 53.7 Å². The maximum atomic E-state index is 12.8. The number of amides is 2. The number of likely N-dealkylation sites (N-methyl/N-ethyl adjacent to an activating group) is 1. The van der Waals surface area contributed by atoms with Crippen LogP contribution in [0.1, 0.15) is 28.1 Å². The van der Waals surface area contributed by atoms with Crippen molar-refractivity contribution in [3.8, 4) is 11.3 Å². The van der Waals surface area contributed by atoms with Gasteiger partial charge in [0.05, 0.1) is 5.57 Å². The Morgan fingerprint density at radius 3 is 2.83 bits per heavy atom. The molecule has 1 aliphatic heterocycles. The second-order valence-electron chi connectivity index (χ2n) is 9.07. The first-order valence-electron chi connectivity index (χ1n) is 11.7. The Morgan fingerprint density at radius 2 is 2.06 bits per heavy atom. The Morgan fingerprint density at radius 1 is 1.19 bits per heavy atom. The van der Waals surface area contributed by atoms with E-state index < -0.39 is 0 Å². The standard InChI is InChI=1S/C29H26ClN3O3/c1-33(2)22-9-6-18(7-10-22)17-31-28(34)20-5-3-4-19(14-20)27-13-11-23(36-27)16-25-24-15-21(30)8-12-26(24)32-29(25)35/h3-6,8-16,18H,7,17H2,1-2H3,(H,31,34)(H,32,35)/b25-16+. The van der Waals surface area contributed by atoms with Gasteiger partial charge in [-0.2, -0.15) is 0 Å². The van der Waals surface area contributed by atoms with Crippen LogP contribution in [0.15, 0.2) is 82.9 Å². The summed E-state index contributed by atoms with van der Waals surface area (Å²) in [5.74, 6) is 1.09. The van der Waals surface area contributed by atoms with Crippen molar-refractivity contribution in [2.45, 2.75) is 6.42 Å². The van der Waals surface area contributed by atoms with Gasteiger partial charge in [-0.05, 0) is 67.0 Å². The van der Waals surface area contributed by atoms with Crippen molar-refractivity contribution in [1.82, 2.24) is 10.2 Å². The molecule has 2 heterocycles. The van der Waals surface area contributed by atoms with Gasteiger partial charge in [0.1, 0.15) is 11.5 Å². The first-order valence-corrected chi connectivity index (χ1v) is 12.1. The Kier molecular flexibility index (Phi) is 6.53. The molecule has 2 amide bonds. The van der Waals surface area contributed by atoms with Gasteiger partial charge in [0.25, 0.3) is 11.8 Å². The lowest BCUT2D eigenvalue weighted by Crippen LogP contribution is -2.29. The Bertz CT molecular complexity index is 1430. The highest BCUT2D eigenvalue weighted by atomic mass is 35.5. The zero-order valence-corrected chi connectivity index (χ0v) is 20.8. The lowest BCUT2D eigenvalue weighted by atomic mass is 9.99. The maximum absolute atomic E-state index is 12.8. The van der Waals surface area contributed by atoms with E-state index in [1.165, 1.54) is 5.70 Å². The van der Waals surface area contributed by atoms with E-state index in [9.17, 15) is 9.59 Å². The summed E-state index contributed by atoms with van der Waals surface area (Å²) in [6, 6.07) is 16.2. The predicted octanol–water partition coefficient (Wildman–Crippen LogP) is 5.84. The number of carbonyl (C=O) groups excluding carboxylic acids is 2. The third-order valence-corrected chi connectivity index (χ3v) is 6.53. The Balaban J connectivity index is 1.28. The molecule has 3 aromatic rings. The maximum Gasteiger partial charge on any atom is 0.256 e. The molecule has 182 valence electrons. The summed E-state index contributed by atoms with van der Waals surface area (Å²) in [6.07, 6.45) is 9.01. The van der Waals surface area contributed by atoms with E-state index in [4.69, 9.17) is 16.0 Å². The van der Waals surface area contributed by atoms with Gasteiger partial charge in [-0.15, -0.1) is 0 Å². The molecule has 1 unspecified atom stereocenters. The monoisotopic (exact) mass is 499 g/mol. The molecule has 7 heteroatoms. The number of carbonyl (C=O) groups is 2. The van der Waals surface area contributed by atoms with Crippen LogP contribution in [0.2, 0.25) is 5.02 Å². The van der Waals surface area contributed by atoms with Gasteiger partial charge in [-0.25, -0.2) is 0 Å². The van der Waals surface area contributed by atoms with E-state index in [1.807, 2.05) is 38.4 Å². The zero-order chi connectivity index (χ0) is 25.2. The minimum Gasteiger partial charge on any atom is -0.457 e. The number of halogens is 1. The summed E-state index contributed by atoms with van der Waals surface area (Å²) < 4.78 is 6.00. The number of anilines is 1. The van der Waals surface area contributed by atoms with Crippen molar-refractivity contribution in [1.29, 1.82) is 0 Å². The molecule has 0 radical (unpaired) electrons. The van der Waals surface area contributed by atoms with E-state index in [0.717, 1.165) is 23.2 Å². The van der Waals surface area contributed by atoms with Gasteiger partial charge in [-0.1, -0.05) is 35.9 Å². The van der Waals surface area contributed by atoms with Gasteiger partial charge in [0.2, 0.25) is 0 Å². The number of furan rings is 1. The summed E-state index contributed by atoms with van der Waals surface area (Å²) in [6.45, 7) is 0.572. The summed E-state index contributed by atoms with van der Waals surface area (Å²) in [5.41, 5.74) is 4.48. The SMILES string of the molecule is CN(C)C1=CCC(CNC(=O)c2cccc(-c3ccc(/C=C4/C(=O)Nc5ccc(Cl)cc54)o3)c2)C=C1. The predicted molar refractivity (Wildman–Crippen MR) is 143 cm³/mol. The van der Waals surface area contributed by atoms with Crippen LogP contribution in [0.4, 0.5) is 5.69 Å². The number of nitrogens with zero attached hydrogens (tertiary/aromatic N) is 1. The number of allylic oxidation sites excluding steroid dienone is 2. The van der Waals surface area contributed by atoms with Gasteiger partial charge >= 0.3 is 0 Å². The molecule has 2 aliphatic rings. The highest BCUT2D eigenvalue weighted by Crippen LogP contribution is 2.35. The van der Waals surface area contributed by atoms with Crippen molar-refractivity contribution in [3.05, 3.63) is 100 Å². The Labute approximate surface area is 214 Å². The molecule has 1 aromatic heterocycles. The molecular weight excluding hydrogens is 474 g/mol. The molecule has 1 atom stereocenters. The zero-order valence-electron chi connectivity index (χ0n) is 20.0. The lowest BCUT2D eigenvalue weighted by molar-refractivity contribution is -0.110. The third-order valence-electron chi connectivity index (χ3n) is 6.30. The molecular formula is C29H26ClN3O3. The van der Waals surface area contributed by atoms with Crippen molar-refractivity contribution in [2.24, 2.45) is 5.92 Å². The fourth-order valence-electron chi connectivity index (χ4n) is 4.31. The smallest absolute Gasteiger partial charge is 0.256 e. The fraction of sp³-hybridized carbons (Fsp3) is 0.172. The third kappa shape index (κ3) is 4.99. The van der Waals surface area contributed by atoms with E-state index in [-0.39, 0.29) is 17.7 Å². The van der Waals surface area contributed by atoms with Crippen LogP contribution in [0.25, 0.3) is 23.0 Å². The van der Waals surface area contributed by atoms with E-state index in [0.29, 0.717) is 34.2 Å². The second kappa shape index (κ2) is 9.91. The molecule has 0 fully saturated rings. The largest absolute Gasteiger partial charge is 0.457 e. The quantitative estimate of drug-likeness (QED) is 0.417. The molecule has 6 nitrogen and oxygen atoms in total. The van der Waals surface area contributed by atoms with Crippen LogP contribution in [0.3, 0.4) is 0 Å². The van der Waals surface area contributed by atoms with Crippen molar-refractivity contribution in [2.75, 3.05) is 26.0 Å². The minimum atomic E-state index is -0.204. The van der Waals surface area contributed by atoms with Crippen molar-refractivity contribution < 1.29 is 14.0 Å². The topological polar surface area (TPSA) is 74.6 Å². The number of benzene rings is 2. The van der Waals surface area contributed by atoms with Crippen LogP contribution < -0.4 is 10.6 Å². The van der Waals surface area contributed by atoms with Crippen LogP contribution in [0, 0.1) is 5.92 Å². The summed E-state index contributed by atoms with van der Waals surface area (Å²) in [4.78, 5) is 27.3. The molecule has 0 saturated carbocycles. The highest BCUT2D eigenvalue weighted by Gasteiger charge is 2.24. The molecule has 0 bridgehead atoms. The molecule has 5 rings (SSSR count). The molecule has 0 saturated heterocycles. The van der Waals surface area contributed by atoms with E-state index >= 15 is 0 Å². The van der Waals surface area contributed by atoms with Crippen LogP contribution in [-0.4, -0.2) is 37.4 Å². The number of hydrogen-bond acceptors (Lipinski definition) is 4. The summed E-state index contributed by atoms with van der Waals surface area (Å²) in [5, 5.41) is 6.43. The van der Waals surface area contributed by atoms with Crippen LogP contribution in [0.5, 0.6) is 0 Å². The average molecular weight is 500 g/mol. The van der Waals surface area contributed by atoms with Gasteiger partial charge in [0.15, 0.2) is 0 Å². The molecule has 2 N–H and O–H groups in total. The molecule has 0 spiro atoms. The lowest BCUT2D eigenvalue weighted by Gasteiger charge is -2.21. The van der Waals surface area contributed by atoms with Gasteiger partial charge in [-0.3, -0.25) is 9.59 Å². The highest BCUT2D eigenvalue weighted by molar-refractivity contribution is 6.36. The second-order valence-corrected chi connectivity index (χ2v) is 9.51. The van der Waals surface area contributed by atoms with Crippen LogP contribution >= 0.6 is 11.6 Å². The number of fused-ring (bicyclic) bond motifs is 1. The van der Waals surface area contributed by atoms with Crippen molar-refractivity contribution in [3.63, 3.8) is 0 Å². The van der Waals surface area contributed by atoms with Crippen molar-refractivity contribution >= 4 is 40.8 Å². The molecule has 36 heavy (non-hydrogen) atoms. The van der Waals surface area contributed by atoms with Gasteiger partial charge < -0.3 is 20.0 Å². The number of rotatable bonds is 6. The van der Waals surface area contributed by atoms with Crippen LogP contribution in [-0.2, 0) is 4.79 Å². The Hall–Kier alpha value is -4.03. The number of nitrogens with one attached hydrogen (secondary N) is 2. The average Bonchev–Trinajstić information content (AvgIpc) is 3.47. The first kappa shape index (κ1) is 23.7. The first-order chi connectivity index (χ1) is 17.4. The summed E-state index contributed by atoms with van der Waals surface area (Å²) in [7, 11) is 4.04. The number of hydrogen-bond donors (Lipinski definition) is 2. The molecule has 1 aliphatic carbocycles. The molecule has 2 aromatic carbocycles. The van der Waals surface area contributed by atoms with E-state index in [1.54, 1.807) is 36.4 Å². The normalized spacial score (nSPS) is 17.5.